The number of carboxylic acid groups (broad SMARTS) is 2. The van der Waals surface area contributed by atoms with Crippen LogP contribution in [0.25, 0.3) is 12.2 Å². The second kappa shape index (κ2) is 12.6. The molecule has 7 N–H and O–H groups in total. The van der Waals surface area contributed by atoms with E-state index in [0.717, 1.165) is 66.9 Å². The van der Waals surface area contributed by atoms with E-state index in [0.29, 0.717) is 30.9 Å². The number of carbonyl (C=O) groups is 3. The maximum Gasteiger partial charge on any atom is 0.303 e. The number of aromatic amines is 3. The Balaban J connectivity index is 1.61. The van der Waals surface area contributed by atoms with Crippen LogP contribution >= 0.6 is 0 Å². The number of carboxylic acids is 2. The molecule has 1 unspecified atom stereocenters. The predicted molar refractivity (Wildman–Crippen MR) is 172 cm³/mol. The van der Waals surface area contributed by atoms with Crippen LogP contribution in [0.3, 0.4) is 0 Å². The SMILES string of the molecule is CCc1c(O)[nH]c(Cc2[nH]c(/C=c3\[nH]/c(=C\C4NC(=O)[C@H](C)[C@H]4[C@H]4C[SH+]4)c(C)c3CCC(=O)O)c(CCC(=O)O)c2C)c1C. The molecule has 2 aliphatic rings. The summed E-state index contributed by atoms with van der Waals surface area (Å²) in [6, 6.07) is -0.103. The highest BCUT2D eigenvalue weighted by molar-refractivity contribution is 7.86. The zero-order chi connectivity index (χ0) is 31.9. The molecule has 0 aliphatic carbocycles. The number of hydrogen-bond acceptors (Lipinski definition) is 4. The van der Waals surface area contributed by atoms with Crippen LogP contribution in [0.5, 0.6) is 5.88 Å². The minimum Gasteiger partial charge on any atom is -0.494 e. The Bertz CT molecular complexity index is 1730. The molecule has 2 aliphatic heterocycles. The number of amides is 1. The Morgan fingerprint density at radius 2 is 1.52 bits per heavy atom. The van der Waals surface area contributed by atoms with Gasteiger partial charge in [-0.25, -0.2) is 0 Å². The van der Waals surface area contributed by atoms with E-state index in [1.807, 2.05) is 40.7 Å². The fraction of sp³-hybridized carbons (Fsp3) is 0.485. The first-order valence-corrected chi connectivity index (χ1v) is 16.5. The van der Waals surface area contributed by atoms with Crippen molar-refractivity contribution >= 4 is 41.8 Å². The number of hydrogen-bond donors (Lipinski definition) is 7. The molecule has 11 heteroatoms. The zero-order valence-corrected chi connectivity index (χ0v) is 26.8. The number of aliphatic carboxylic acids is 2. The summed E-state index contributed by atoms with van der Waals surface area (Å²) in [5, 5.41) is 34.6. The van der Waals surface area contributed by atoms with Crippen LogP contribution in [0.1, 0.15) is 77.2 Å². The molecule has 10 nitrogen and oxygen atoms in total. The van der Waals surface area contributed by atoms with E-state index in [1.54, 1.807) is 0 Å². The molecule has 4 atom stereocenters. The van der Waals surface area contributed by atoms with Gasteiger partial charge in [0.1, 0.15) is 0 Å². The lowest BCUT2D eigenvalue weighted by Gasteiger charge is -2.12. The molecule has 0 spiro atoms. The van der Waals surface area contributed by atoms with Crippen molar-refractivity contribution < 1.29 is 29.7 Å². The second-order valence-corrected chi connectivity index (χ2v) is 13.6. The van der Waals surface area contributed by atoms with Crippen molar-refractivity contribution in [1.29, 1.82) is 0 Å². The first kappa shape index (κ1) is 31.6. The summed E-state index contributed by atoms with van der Waals surface area (Å²) < 4.78 is 0. The topological polar surface area (TPSA) is 171 Å². The molecular weight excluding hydrogens is 580 g/mol. The predicted octanol–water partition coefficient (Wildman–Crippen LogP) is 2.05. The highest BCUT2D eigenvalue weighted by Gasteiger charge is 2.53. The Kier molecular flexibility index (Phi) is 9.06. The Morgan fingerprint density at radius 3 is 2.11 bits per heavy atom. The van der Waals surface area contributed by atoms with Crippen molar-refractivity contribution in [3.8, 4) is 5.88 Å². The lowest BCUT2D eigenvalue weighted by molar-refractivity contribution is -0.138. The van der Waals surface area contributed by atoms with Gasteiger partial charge in [-0.05, 0) is 91.8 Å². The van der Waals surface area contributed by atoms with Crippen LogP contribution in [-0.4, -0.2) is 65.2 Å². The number of H-pyrrole nitrogens is 3. The standard InChI is InChI=1S/C33H42N4O6S/c1-6-19-15(2)24(36-33(19)43)11-22-16(3)20(7-9-29(38)39)25(34-22)13-26-21(8-10-30(40)41)17(4)23(35-26)12-27-31(28-14-44-28)18(5)32(42)37-27/h12-13,18,27-28,31,34-36,43H,6-11,14H2,1-5H3,(H,37,42)(H,38,39)(H,40,41)/p+1/b23-12-,26-13-/t18-,27?,28-,31-/m1/s1. The third kappa shape index (κ3) is 6.33. The van der Waals surface area contributed by atoms with Gasteiger partial charge in [-0.2, -0.15) is 0 Å². The number of nitrogens with one attached hydrogen (secondary N) is 4. The smallest absolute Gasteiger partial charge is 0.303 e. The number of carbonyl (C=O) groups excluding carboxylic acids is 1. The Hall–Kier alpha value is -3.86. The lowest BCUT2D eigenvalue weighted by Crippen LogP contribution is -2.31. The molecule has 0 radical (unpaired) electrons. The summed E-state index contributed by atoms with van der Waals surface area (Å²) in [6.07, 6.45) is 5.85. The van der Waals surface area contributed by atoms with Crippen molar-refractivity contribution in [3.05, 3.63) is 61.2 Å². The molecule has 3 aromatic rings. The van der Waals surface area contributed by atoms with Crippen molar-refractivity contribution in [3.63, 3.8) is 0 Å². The minimum atomic E-state index is -0.886. The van der Waals surface area contributed by atoms with Gasteiger partial charge < -0.3 is 35.6 Å². The summed E-state index contributed by atoms with van der Waals surface area (Å²) in [7, 11) is 0. The van der Waals surface area contributed by atoms with Crippen LogP contribution in [0, 0.1) is 32.6 Å². The molecule has 2 fully saturated rings. The molecule has 5 rings (SSSR count). The van der Waals surface area contributed by atoms with Crippen molar-refractivity contribution in [2.75, 3.05) is 5.75 Å². The van der Waals surface area contributed by atoms with Crippen LogP contribution < -0.4 is 16.0 Å². The van der Waals surface area contributed by atoms with Gasteiger partial charge in [0, 0.05) is 64.4 Å². The summed E-state index contributed by atoms with van der Waals surface area (Å²) >= 11 is 1.38. The van der Waals surface area contributed by atoms with Crippen molar-refractivity contribution in [2.24, 2.45) is 11.8 Å². The summed E-state index contributed by atoms with van der Waals surface area (Å²) in [4.78, 5) is 45.9. The van der Waals surface area contributed by atoms with E-state index in [-0.39, 0.29) is 42.5 Å². The highest BCUT2D eigenvalue weighted by Crippen LogP contribution is 2.35. The average Bonchev–Trinajstić information content (AvgIpc) is 3.53. The van der Waals surface area contributed by atoms with Gasteiger partial charge in [0.15, 0.2) is 16.9 Å². The van der Waals surface area contributed by atoms with Crippen LogP contribution in [0.2, 0.25) is 0 Å². The van der Waals surface area contributed by atoms with E-state index in [9.17, 15) is 29.7 Å². The number of aromatic nitrogens is 3. The van der Waals surface area contributed by atoms with E-state index in [2.05, 4.69) is 26.3 Å². The largest absolute Gasteiger partial charge is 0.494 e. The molecule has 236 valence electrons. The van der Waals surface area contributed by atoms with Crippen LogP contribution in [-0.2, 0) is 51.8 Å². The first-order valence-electron chi connectivity index (χ1n) is 15.3. The van der Waals surface area contributed by atoms with E-state index in [4.69, 9.17) is 0 Å². The van der Waals surface area contributed by atoms with Gasteiger partial charge in [-0.1, -0.05) is 13.8 Å². The zero-order valence-electron chi connectivity index (χ0n) is 25.9. The molecular formula is C33H43N4O6S+. The van der Waals surface area contributed by atoms with Crippen molar-refractivity contribution in [1.82, 2.24) is 20.3 Å². The quantitative estimate of drug-likeness (QED) is 0.0925. The Morgan fingerprint density at radius 1 is 0.909 bits per heavy atom. The van der Waals surface area contributed by atoms with Crippen LogP contribution in [0.15, 0.2) is 0 Å². The van der Waals surface area contributed by atoms with E-state index in [1.165, 1.54) is 11.8 Å². The fourth-order valence-electron chi connectivity index (χ4n) is 6.78. The monoisotopic (exact) mass is 623 g/mol. The second-order valence-electron chi connectivity index (χ2n) is 12.2. The molecule has 3 aromatic heterocycles. The number of rotatable bonds is 12. The summed E-state index contributed by atoms with van der Waals surface area (Å²) in [6.45, 7) is 9.92. The van der Waals surface area contributed by atoms with Gasteiger partial charge in [-0.3, -0.25) is 14.4 Å². The minimum absolute atomic E-state index is 0.0304. The number of thiol groups is 1. The summed E-state index contributed by atoms with van der Waals surface area (Å²) in [5.41, 5.74) is 8.14. The Labute approximate surface area is 260 Å². The van der Waals surface area contributed by atoms with E-state index < -0.39 is 11.9 Å². The number of aromatic hydroxyl groups is 1. The van der Waals surface area contributed by atoms with Gasteiger partial charge in [0.2, 0.25) is 5.91 Å². The molecule has 0 saturated carbocycles. The summed E-state index contributed by atoms with van der Waals surface area (Å²) in [5.74, 6) is -0.259. The fourth-order valence-corrected chi connectivity index (χ4v) is 7.83. The lowest BCUT2D eigenvalue weighted by atomic mass is 9.89. The van der Waals surface area contributed by atoms with Crippen molar-refractivity contribution in [2.45, 2.75) is 84.4 Å². The van der Waals surface area contributed by atoms with E-state index >= 15 is 0 Å². The van der Waals surface area contributed by atoms with Gasteiger partial charge in [0.25, 0.3) is 0 Å². The highest BCUT2D eigenvalue weighted by atomic mass is 32.2. The van der Waals surface area contributed by atoms with Gasteiger partial charge in [-0.15, -0.1) is 0 Å². The molecule has 5 heterocycles. The third-order valence-electron chi connectivity index (χ3n) is 9.50. The maximum absolute atomic E-state index is 12.6. The molecule has 2 saturated heterocycles. The molecule has 44 heavy (non-hydrogen) atoms. The third-order valence-corrected chi connectivity index (χ3v) is 10.6. The molecule has 1 amide bonds. The maximum atomic E-state index is 12.6. The van der Waals surface area contributed by atoms with Gasteiger partial charge in [0.05, 0.1) is 6.04 Å². The normalized spacial score (nSPS) is 22.2. The van der Waals surface area contributed by atoms with Crippen LogP contribution in [0.4, 0.5) is 0 Å². The molecule has 0 bridgehead atoms. The molecule has 0 aromatic carbocycles. The average molecular weight is 624 g/mol. The van der Waals surface area contributed by atoms with Gasteiger partial charge >= 0.3 is 11.9 Å². The first-order chi connectivity index (χ1) is 20.9.